The fourth-order valence-corrected chi connectivity index (χ4v) is 2.68. The van der Waals surface area contributed by atoms with Gasteiger partial charge < -0.3 is 14.6 Å². The molecule has 1 fully saturated rings. The summed E-state index contributed by atoms with van der Waals surface area (Å²) in [6.45, 7) is 8.59. The predicted octanol–water partition coefficient (Wildman–Crippen LogP) is 2.62. The van der Waals surface area contributed by atoms with Crippen molar-refractivity contribution >= 4 is 0 Å². The van der Waals surface area contributed by atoms with Gasteiger partial charge in [-0.3, -0.25) is 0 Å². The van der Waals surface area contributed by atoms with Crippen LogP contribution in [0.25, 0.3) is 0 Å². The van der Waals surface area contributed by atoms with Crippen molar-refractivity contribution < 1.29 is 9.26 Å². The van der Waals surface area contributed by atoms with E-state index >= 15 is 0 Å². The Hall–Kier alpha value is -0.940. The van der Waals surface area contributed by atoms with Crippen LogP contribution in [0, 0.1) is 5.92 Å². The van der Waals surface area contributed by atoms with Crippen LogP contribution in [0.3, 0.4) is 0 Å². The minimum Gasteiger partial charge on any atom is -0.367 e. The number of nitrogens with one attached hydrogen (secondary N) is 1. The first kappa shape index (κ1) is 14.5. The Morgan fingerprint density at radius 1 is 1.37 bits per heavy atom. The Labute approximate surface area is 115 Å². The van der Waals surface area contributed by atoms with Crippen molar-refractivity contribution in [1.82, 2.24) is 15.5 Å². The van der Waals surface area contributed by atoms with Crippen LogP contribution in [0.1, 0.15) is 58.2 Å². The number of aromatic nitrogens is 2. The molecule has 5 heteroatoms. The first-order valence-corrected chi connectivity index (χ1v) is 7.38. The maximum absolute atomic E-state index is 6.02. The van der Waals surface area contributed by atoms with Crippen molar-refractivity contribution in [2.75, 3.05) is 13.2 Å². The lowest BCUT2D eigenvalue weighted by molar-refractivity contribution is -0.0847. The fourth-order valence-electron chi connectivity index (χ4n) is 2.68. The number of hydrogen-bond acceptors (Lipinski definition) is 5. The van der Waals surface area contributed by atoms with Crippen LogP contribution in [0.15, 0.2) is 4.52 Å². The SMILES string of the molecule is CCNCc1nc(C2(OCC)CCC(C)CC2)no1. The molecule has 1 saturated carbocycles. The summed E-state index contributed by atoms with van der Waals surface area (Å²) in [5.74, 6) is 2.14. The monoisotopic (exact) mass is 267 g/mol. The second kappa shape index (κ2) is 6.48. The van der Waals surface area contributed by atoms with Crippen LogP contribution < -0.4 is 5.32 Å². The molecule has 1 aliphatic carbocycles. The zero-order valence-corrected chi connectivity index (χ0v) is 12.2. The smallest absolute Gasteiger partial charge is 0.240 e. The van der Waals surface area contributed by atoms with Crippen molar-refractivity contribution in [3.63, 3.8) is 0 Å². The molecule has 1 aromatic heterocycles. The highest BCUT2D eigenvalue weighted by molar-refractivity contribution is 5.04. The average molecular weight is 267 g/mol. The number of nitrogens with zero attached hydrogens (tertiary/aromatic N) is 2. The van der Waals surface area contributed by atoms with E-state index in [-0.39, 0.29) is 5.60 Å². The van der Waals surface area contributed by atoms with Crippen LogP contribution >= 0.6 is 0 Å². The summed E-state index contributed by atoms with van der Waals surface area (Å²) in [5, 5.41) is 7.35. The van der Waals surface area contributed by atoms with Gasteiger partial charge >= 0.3 is 0 Å². The van der Waals surface area contributed by atoms with Gasteiger partial charge in [-0.15, -0.1) is 0 Å². The molecule has 108 valence electrons. The molecular weight excluding hydrogens is 242 g/mol. The lowest BCUT2D eigenvalue weighted by Crippen LogP contribution is -2.35. The minimum absolute atomic E-state index is 0.324. The highest BCUT2D eigenvalue weighted by Gasteiger charge is 2.40. The fraction of sp³-hybridized carbons (Fsp3) is 0.857. The molecule has 0 unspecified atom stereocenters. The Kier molecular flexibility index (Phi) is 4.93. The van der Waals surface area contributed by atoms with Crippen molar-refractivity contribution in [1.29, 1.82) is 0 Å². The second-order valence-electron chi connectivity index (χ2n) is 5.40. The number of hydrogen-bond donors (Lipinski definition) is 1. The average Bonchev–Trinajstić information content (AvgIpc) is 2.89. The third-order valence-electron chi connectivity index (χ3n) is 3.90. The molecule has 1 aliphatic rings. The molecule has 0 bridgehead atoms. The van der Waals surface area contributed by atoms with Gasteiger partial charge in [0.25, 0.3) is 0 Å². The quantitative estimate of drug-likeness (QED) is 0.858. The standard InChI is InChI=1S/C14H25N3O2/c1-4-15-10-12-16-13(17-19-12)14(18-5-2)8-6-11(3)7-9-14/h11,15H,4-10H2,1-3H3. The van der Waals surface area contributed by atoms with Gasteiger partial charge in [-0.1, -0.05) is 19.0 Å². The maximum atomic E-state index is 6.02. The van der Waals surface area contributed by atoms with Crippen LogP contribution in [-0.4, -0.2) is 23.3 Å². The summed E-state index contributed by atoms with van der Waals surface area (Å²) in [6.07, 6.45) is 4.30. The lowest BCUT2D eigenvalue weighted by atomic mass is 9.79. The summed E-state index contributed by atoms with van der Waals surface area (Å²) < 4.78 is 11.3. The predicted molar refractivity (Wildman–Crippen MR) is 72.6 cm³/mol. The molecule has 0 aromatic carbocycles. The molecule has 2 rings (SSSR count). The largest absolute Gasteiger partial charge is 0.367 e. The topological polar surface area (TPSA) is 60.2 Å². The van der Waals surface area contributed by atoms with Gasteiger partial charge in [-0.2, -0.15) is 4.98 Å². The molecule has 5 nitrogen and oxygen atoms in total. The van der Waals surface area contributed by atoms with Gasteiger partial charge in [0.1, 0.15) is 5.60 Å². The lowest BCUT2D eigenvalue weighted by Gasteiger charge is -2.36. The molecule has 0 amide bonds. The van der Waals surface area contributed by atoms with E-state index in [1.165, 1.54) is 0 Å². The molecule has 0 atom stereocenters. The molecule has 0 radical (unpaired) electrons. The van der Waals surface area contributed by atoms with Crippen molar-refractivity contribution in [2.45, 2.75) is 58.6 Å². The van der Waals surface area contributed by atoms with Crippen LogP contribution in [0.5, 0.6) is 0 Å². The van der Waals surface area contributed by atoms with Crippen LogP contribution in [0.4, 0.5) is 0 Å². The zero-order valence-electron chi connectivity index (χ0n) is 12.2. The molecule has 0 saturated heterocycles. The summed E-state index contributed by atoms with van der Waals surface area (Å²) in [4.78, 5) is 4.52. The first-order chi connectivity index (χ1) is 9.20. The normalized spacial score (nSPS) is 27.6. The van der Waals surface area contributed by atoms with Gasteiger partial charge in [-0.05, 0) is 45.1 Å². The minimum atomic E-state index is -0.324. The van der Waals surface area contributed by atoms with Crippen LogP contribution in [-0.2, 0) is 16.9 Å². The first-order valence-electron chi connectivity index (χ1n) is 7.38. The molecule has 1 heterocycles. The van der Waals surface area contributed by atoms with Crippen LogP contribution in [0.2, 0.25) is 0 Å². The van der Waals surface area contributed by atoms with E-state index in [0.717, 1.165) is 44.0 Å². The van der Waals surface area contributed by atoms with E-state index in [9.17, 15) is 0 Å². The Morgan fingerprint density at radius 2 is 2.11 bits per heavy atom. The second-order valence-corrected chi connectivity index (χ2v) is 5.40. The van der Waals surface area contributed by atoms with E-state index < -0.39 is 0 Å². The highest BCUT2D eigenvalue weighted by Crippen LogP contribution is 2.41. The van der Waals surface area contributed by atoms with E-state index in [4.69, 9.17) is 9.26 Å². The third-order valence-corrected chi connectivity index (χ3v) is 3.90. The van der Waals surface area contributed by atoms with Gasteiger partial charge in [0.15, 0.2) is 0 Å². The van der Waals surface area contributed by atoms with Gasteiger partial charge in [0, 0.05) is 6.61 Å². The van der Waals surface area contributed by atoms with Crippen molar-refractivity contribution in [3.8, 4) is 0 Å². The van der Waals surface area contributed by atoms with E-state index in [1.54, 1.807) is 0 Å². The van der Waals surface area contributed by atoms with Crippen molar-refractivity contribution in [3.05, 3.63) is 11.7 Å². The van der Waals surface area contributed by atoms with E-state index in [2.05, 4.69) is 29.3 Å². The summed E-state index contributed by atoms with van der Waals surface area (Å²) in [5.41, 5.74) is -0.324. The number of rotatable bonds is 6. The van der Waals surface area contributed by atoms with Gasteiger partial charge in [0.05, 0.1) is 6.54 Å². The molecule has 1 N–H and O–H groups in total. The highest BCUT2D eigenvalue weighted by atomic mass is 16.5. The molecular formula is C14H25N3O2. The molecule has 19 heavy (non-hydrogen) atoms. The van der Waals surface area contributed by atoms with E-state index in [1.807, 2.05) is 6.92 Å². The summed E-state index contributed by atoms with van der Waals surface area (Å²) >= 11 is 0. The molecule has 1 aromatic rings. The Balaban J connectivity index is 2.12. The van der Waals surface area contributed by atoms with Gasteiger partial charge in [-0.25, -0.2) is 0 Å². The molecule has 0 spiro atoms. The Morgan fingerprint density at radius 3 is 2.74 bits per heavy atom. The number of ether oxygens (including phenoxy) is 1. The molecule has 0 aliphatic heterocycles. The summed E-state index contributed by atoms with van der Waals surface area (Å²) in [7, 11) is 0. The van der Waals surface area contributed by atoms with Crippen molar-refractivity contribution in [2.24, 2.45) is 5.92 Å². The van der Waals surface area contributed by atoms with E-state index in [0.29, 0.717) is 19.0 Å². The Bertz CT molecular complexity index is 384. The third kappa shape index (κ3) is 3.34. The van der Waals surface area contributed by atoms with Gasteiger partial charge in [0.2, 0.25) is 11.7 Å². The maximum Gasteiger partial charge on any atom is 0.240 e. The zero-order chi connectivity index (χ0) is 13.7. The summed E-state index contributed by atoms with van der Waals surface area (Å²) in [6, 6.07) is 0.